The van der Waals surface area contributed by atoms with E-state index in [0.717, 1.165) is 39.0 Å². The van der Waals surface area contributed by atoms with E-state index in [-0.39, 0.29) is 5.41 Å². The van der Waals surface area contributed by atoms with E-state index in [1.165, 1.54) is 64.3 Å². The first-order chi connectivity index (χ1) is 25.5. The monoisotopic (exact) mass is 683 g/mol. The highest BCUT2D eigenvalue weighted by atomic mass is 32.1. The van der Waals surface area contributed by atoms with Gasteiger partial charge in [-0.2, -0.15) is 0 Å². The van der Waals surface area contributed by atoms with E-state index in [2.05, 4.69) is 170 Å². The van der Waals surface area contributed by atoms with E-state index < -0.39 is 0 Å². The molecule has 0 spiro atoms. The summed E-state index contributed by atoms with van der Waals surface area (Å²) in [6.07, 6.45) is 0. The van der Waals surface area contributed by atoms with Gasteiger partial charge in [0.25, 0.3) is 0 Å². The van der Waals surface area contributed by atoms with Crippen LogP contribution in [0.2, 0.25) is 0 Å². The topological polar surface area (TPSA) is 16.4 Å². The summed E-state index contributed by atoms with van der Waals surface area (Å²) in [6, 6.07) is 60.0. The van der Waals surface area contributed by atoms with Crippen molar-refractivity contribution in [3.05, 3.63) is 175 Å². The number of fused-ring (bicyclic) bond motifs is 11. The van der Waals surface area contributed by atoms with Crippen LogP contribution in [0.5, 0.6) is 0 Å². The lowest BCUT2D eigenvalue weighted by atomic mass is 9.82. The maximum absolute atomic E-state index is 6.40. The minimum Gasteiger partial charge on any atom is -0.456 e. The Kier molecular flexibility index (Phi) is 6.21. The standard InChI is InChI=1S/C49H33NOS/c1-49(2)42-13-7-5-11-37(42)38-23-21-34(28-43(38)49)50(35-22-24-40-39-12-6-8-14-44(39)51-45(40)29-35)33-19-15-30(16-20-33)32-18-25-46-41(27-32)48-36-10-4-3-9-31(36)17-26-47(48)52-46/h3-29H,1-2H3. The van der Waals surface area contributed by atoms with E-state index in [4.69, 9.17) is 4.42 Å². The second-order valence-electron chi connectivity index (χ2n) is 14.5. The molecule has 52 heavy (non-hydrogen) atoms. The van der Waals surface area contributed by atoms with E-state index >= 15 is 0 Å². The molecule has 3 heteroatoms. The molecule has 2 aromatic heterocycles. The molecule has 0 aliphatic heterocycles. The van der Waals surface area contributed by atoms with Crippen molar-refractivity contribution in [2.24, 2.45) is 0 Å². The average molecular weight is 684 g/mol. The predicted octanol–water partition coefficient (Wildman–Crippen LogP) is 14.6. The molecule has 0 saturated heterocycles. The first kappa shape index (κ1) is 29.6. The van der Waals surface area contributed by atoms with Crippen LogP contribution in [0, 0.1) is 0 Å². The number of rotatable bonds is 4. The molecule has 2 heterocycles. The van der Waals surface area contributed by atoms with E-state index in [1.54, 1.807) is 0 Å². The fraction of sp³-hybridized carbons (Fsp3) is 0.0612. The van der Waals surface area contributed by atoms with Crippen LogP contribution in [0.3, 0.4) is 0 Å². The average Bonchev–Trinajstić information content (AvgIpc) is 3.82. The smallest absolute Gasteiger partial charge is 0.137 e. The van der Waals surface area contributed by atoms with Crippen LogP contribution in [0.25, 0.3) is 75.1 Å². The number of hydrogen-bond acceptors (Lipinski definition) is 3. The molecule has 0 atom stereocenters. The largest absolute Gasteiger partial charge is 0.456 e. The number of nitrogens with zero attached hydrogens (tertiary/aromatic N) is 1. The van der Waals surface area contributed by atoms with Crippen molar-refractivity contribution in [3.8, 4) is 22.3 Å². The van der Waals surface area contributed by atoms with Crippen LogP contribution in [0.15, 0.2) is 168 Å². The van der Waals surface area contributed by atoms with Crippen LogP contribution < -0.4 is 4.90 Å². The van der Waals surface area contributed by atoms with Crippen molar-refractivity contribution >= 4 is 81.3 Å². The van der Waals surface area contributed by atoms with Gasteiger partial charge in [-0.25, -0.2) is 0 Å². The Bertz CT molecular complexity index is 3050. The SMILES string of the molecule is CC1(C)c2ccccc2-c2ccc(N(c3ccc(-c4ccc5sc6ccc7ccccc7c6c5c4)cc3)c3ccc4c(c3)oc3ccccc34)cc21. The first-order valence-electron chi connectivity index (χ1n) is 17.9. The summed E-state index contributed by atoms with van der Waals surface area (Å²) in [5, 5.41) is 7.54. The van der Waals surface area contributed by atoms with Crippen LogP contribution in [-0.2, 0) is 5.41 Å². The maximum atomic E-state index is 6.40. The molecule has 246 valence electrons. The minimum absolute atomic E-state index is 0.101. The molecular weight excluding hydrogens is 651 g/mol. The van der Waals surface area contributed by atoms with Gasteiger partial charge in [-0.05, 0) is 105 Å². The number of hydrogen-bond donors (Lipinski definition) is 0. The Morgan fingerprint density at radius 2 is 1.13 bits per heavy atom. The van der Waals surface area contributed by atoms with Gasteiger partial charge >= 0.3 is 0 Å². The lowest BCUT2D eigenvalue weighted by Gasteiger charge is -2.28. The molecule has 1 aliphatic carbocycles. The van der Waals surface area contributed by atoms with Crippen molar-refractivity contribution in [2.75, 3.05) is 4.90 Å². The summed E-state index contributed by atoms with van der Waals surface area (Å²) in [4.78, 5) is 2.37. The van der Waals surface area contributed by atoms with E-state index in [9.17, 15) is 0 Å². The second-order valence-corrected chi connectivity index (χ2v) is 15.6. The van der Waals surface area contributed by atoms with Gasteiger partial charge in [0.1, 0.15) is 11.2 Å². The number of anilines is 3. The zero-order valence-electron chi connectivity index (χ0n) is 28.9. The van der Waals surface area contributed by atoms with Gasteiger partial charge in [-0.15, -0.1) is 11.3 Å². The fourth-order valence-corrected chi connectivity index (χ4v) is 9.76. The molecular formula is C49H33NOS. The lowest BCUT2D eigenvalue weighted by molar-refractivity contribution is 0.660. The normalized spacial score (nSPS) is 13.3. The Balaban J connectivity index is 1.05. The number of thiophene rings is 1. The summed E-state index contributed by atoms with van der Waals surface area (Å²) in [7, 11) is 0. The zero-order chi connectivity index (χ0) is 34.6. The predicted molar refractivity (Wildman–Crippen MR) is 222 cm³/mol. The second kappa shape index (κ2) is 10.9. The van der Waals surface area contributed by atoms with Gasteiger partial charge < -0.3 is 9.32 Å². The Hall–Kier alpha value is -6.16. The van der Waals surface area contributed by atoms with Gasteiger partial charge in [0.05, 0.1) is 0 Å². The minimum atomic E-state index is -0.101. The Labute approximate surface area is 305 Å². The molecule has 0 N–H and O–H groups in total. The number of benzene rings is 8. The van der Waals surface area contributed by atoms with Crippen molar-refractivity contribution in [1.82, 2.24) is 0 Å². The summed E-state index contributed by atoms with van der Waals surface area (Å²) >= 11 is 1.87. The van der Waals surface area contributed by atoms with Gasteiger partial charge in [0.2, 0.25) is 0 Å². The van der Waals surface area contributed by atoms with Gasteiger partial charge in [0, 0.05) is 59.5 Å². The van der Waals surface area contributed by atoms with Gasteiger partial charge in [-0.1, -0.05) is 111 Å². The van der Waals surface area contributed by atoms with Gasteiger partial charge in [0.15, 0.2) is 0 Å². The molecule has 0 bridgehead atoms. The highest BCUT2D eigenvalue weighted by molar-refractivity contribution is 7.26. The van der Waals surface area contributed by atoms with E-state index in [1.807, 2.05) is 23.5 Å². The van der Waals surface area contributed by atoms with Crippen LogP contribution >= 0.6 is 11.3 Å². The third-order valence-corrected chi connectivity index (χ3v) is 12.4. The summed E-state index contributed by atoms with van der Waals surface area (Å²) < 4.78 is 9.05. The van der Waals surface area contributed by atoms with Crippen molar-refractivity contribution in [1.29, 1.82) is 0 Å². The Morgan fingerprint density at radius 3 is 2.04 bits per heavy atom. The third-order valence-electron chi connectivity index (χ3n) is 11.3. The number of para-hydroxylation sites is 1. The zero-order valence-corrected chi connectivity index (χ0v) is 29.7. The molecule has 11 rings (SSSR count). The highest BCUT2D eigenvalue weighted by Crippen LogP contribution is 2.51. The maximum Gasteiger partial charge on any atom is 0.137 e. The summed E-state index contributed by atoms with van der Waals surface area (Å²) in [5.74, 6) is 0. The summed E-state index contributed by atoms with van der Waals surface area (Å²) in [5.41, 5.74) is 12.8. The first-order valence-corrected chi connectivity index (χ1v) is 18.7. The van der Waals surface area contributed by atoms with E-state index in [0.29, 0.717) is 0 Å². The molecule has 0 fully saturated rings. The third kappa shape index (κ3) is 4.30. The van der Waals surface area contributed by atoms with Crippen LogP contribution in [-0.4, -0.2) is 0 Å². The Morgan fingerprint density at radius 1 is 0.462 bits per heavy atom. The van der Waals surface area contributed by atoms with Crippen molar-refractivity contribution in [3.63, 3.8) is 0 Å². The van der Waals surface area contributed by atoms with Crippen molar-refractivity contribution in [2.45, 2.75) is 19.3 Å². The van der Waals surface area contributed by atoms with Crippen LogP contribution in [0.1, 0.15) is 25.0 Å². The van der Waals surface area contributed by atoms with Gasteiger partial charge in [-0.3, -0.25) is 0 Å². The van der Waals surface area contributed by atoms with Crippen LogP contribution in [0.4, 0.5) is 17.1 Å². The molecule has 8 aromatic carbocycles. The fourth-order valence-electron chi connectivity index (χ4n) is 8.66. The molecule has 0 radical (unpaired) electrons. The number of furan rings is 1. The molecule has 10 aromatic rings. The van der Waals surface area contributed by atoms with Crippen molar-refractivity contribution < 1.29 is 4.42 Å². The lowest BCUT2D eigenvalue weighted by Crippen LogP contribution is -2.16. The quantitative estimate of drug-likeness (QED) is 0.184. The highest BCUT2D eigenvalue weighted by Gasteiger charge is 2.35. The molecule has 0 saturated carbocycles. The molecule has 2 nitrogen and oxygen atoms in total. The summed E-state index contributed by atoms with van der Waals surface area (Å²) in [6.45, 7) is 4.69. The molecule has 1 aliphatic rings. The molecule has 0 amide bonds. The molecule has 0 unspecified atom stereocenters.